The lowest BCUT2D eigenvalue weighted by molar-refractivity contribution is 0.211. The van der Waals surface area contributed by atoms with Gasteiger partial charge in [-0.05, 0) is 29.9 Å². The lowest BCUT2D eigenvalue weighted by atomic mass is 10.0. The van der Waals surface area contributed by atoms with Gasteiger partial charge in [-0.25, -0.2) is 0 Å². The first-order valence-electron chi connectivity index (χ1n) is 5.51. The molecular formula is C11H16N4OS. The van der Waals surface area contributed by atoms with Gasteiger partial charge >= 0.3 is 0 Å². The second kappa shape index (κ2) is 4.54. The Balaban J connectivity index is 2.44. The summed E-state index contributed by atoms with van der Waals surface area (Å²) >= 11 is 1.25. The molecule has 6 heteroatoms. The molecule has 0 saturated heterocycles. The first-order valence-corrected chi connectivity index (χ1v) is 6.28. The maximum atomic E-state index is 10.4. The molecule has 1 N–H and O–H groups in total. The van der Waals surface area contributed by atoms with E-state index in [0.29, 0.717) is 0 Å². The highest BCUT2D eigenvalue weighted by Gasteiger charge is 2.24. The predicted molar refractivity (Wildman–Crippen MR) is 66.0 cm³/mol. The van der Waals surface area contributed by atoms with Gasteiger partial charge in [-0.1, -0.05) is 18.3 Å². The van der Waals surface area contributed by atoms with Gasteiger partial charge in [0.25, 0.3) is 0 Å². The molecule has 0 aliphatic rings. The highest BCUT2D eigenvalue weighted by atomic mass is 32.1. The van der Waals surface area contributed by atoms with Crippen molar-refractivity contribution in [1.82, 2.24) is 19.4 Å². The molecule has 1 unspecified atom stereocenters. The van der Waals surface area contributed by atoms with Gasteiger partial charge in [-0.3, -0.25) is 4.68 Å². The van der Waals surface area contributed by atoms with E-state index in [1.54, 1.807) is 10.9 Å². The molecule has 17 heavy (non-hydrogen) atoms. The van der Waals surface area contributed by atoms with E-state index >= 15 is 0 Å². The normalized spacial score (nSPS) is 13.3. The lowest BCUT2D eigenvalue weighted by Crippen LogP contribution is -2.09. The van der Waals surface area contributed by atoms with Gasteiger partial charge in [0.15, 0.2) is 0 Å². The van der Waals surface area contributed by atoms with Crippen molar-refractivity contribution in [3.8, 4) is 0 Å². The summed E-state index contributed by atoms with van der Waals surface area (Å²) in [5, 5.41) is 18.7. The minimum Gasteiger partial charge on any atom is -0.381 e. The van der Waals surface area contributed by atoms with E-state index in [4.69, 9.17) is 0 Å². The van der Waals surface area contributed by atoms with E-state index < -0.39 is 6.10 Å². The second-order valence-electron chi connectivity index (χ2n) is 4.42. The molecule has 0 aromatic carbocycles. The fourth-order valence-corrected chi connectivity index (χ4v) is 2.67. The van der Waals surface area contributed by atoms with E-state index in [0.717, 1.165) is 21.8 Å². The molecular weight excluding hydrogens is 236 g/mol. The maximum absolute atomic E-state index is 10.4. The molecule has 0 aliphatic heterocycles. The standard InChI is InChI=1S/C11H16N4OS/c1-6(2)8-11(17-14-13-8)10(16)9-7(3)5-12-15(9)4/h5-6,10,16H,1-4H3. The molecule has 2 aromatic rings. The number of aromatic nitrogens is 4. The van der Waals surface area contributed by atoms with Gasteiger partial charge in [0.1, 0.15) is 6.10 Å². The quantitative estimate of drug-likeness (QED) is 0.904. The summed E-state index contributed by atoms with van der Waals surface area (Å²) in [6.07, 6.45) is 1.06. The second-order valence-corrected chi connectivity index (χ2v) is 5.20. The zero-order valence-electron chi connectivity index (χ0n) is 10.4. The van der Waals surface area contributed by atoms with Crippen LogP contribution in [0.15, 0.2) is 6.20 Å². The van der Waals surface area contributed by atoms with Crippen LogP contribution in [0.1, 0.15) is 47.7 Å². The molecule has 0 radical (unpaired) electrons. The SMILES string of the molecule is Cc1cnn(C)c1C(O)c1snnc1C(C)C. The summed E-state index contributed by atoms with van der Waals surface area (Å²) in [4.78, 5) is 0.812. The van der Waals surface area contributed by atoms with Crippen LogP contribution in [0.4, 0.5) is 0 Å². The first kappa shape index (κ1) is 12.2. The van der Waals surface area contributed by atoms with Crippen molar-refractivity contribution in [1.29, 1.82) is 0 Å². The Bertz CT molecular complexity index is 498. The topological polar surface area (TPSA) is 63.8 Å². The third-order valence-corrected chi connectivity index (χ3v) is 3.56. The molecule has 0 bridgehead atoms. The van der Waals surface area contributed by atoms with Crippen LogP contribution in [-0.4, -0.2) is 24.5 Å². The van der Waals surface area contributed by atoms with Crippen molar-refractivity contribution < 1.29 is 5.11 Å². The molecule has 5 nitrogen and oxygen atoms in total. The molecule has 2 heterocycles. The van der Waals surface area contributed by atoms with Crippen LogP contribution in [0.3, 0.4) is 0 Å². The Morgan fingerprint density at radius 2 is 2.12 bits per heavy atom. The molecule has 2 aromatic heterocycles. The largest absolute Gasteiger partial charge is 0.381 e. The molecule has 0 aliphatic carbocycles. The van der Waals surface area contributed by atoms with Crippen molar-refractivity contribution in [2.45, 2.75) is 32.8 Å². The van der Waals surface area contributed by atoms with Crippen LogP contribution in [0.5, 0.6) is 0 Å². The van der Waals surface area contributed by atoms with E-state index in [1.165, 1.54) is 11.5 Å². The monoisotopic (exact) mass is 252 g/mol. The number of hydrogen-bond donors (Lipinski definition) is 1. The van der Waals surface area contributed by atoms with Gasteiger partial charge in [0, 0.05) is 7.05 Å². The van der Waals surface area contributed by atoms with Crippen LogP contribution in [0, 0.1) is 6.92 Å². The van der Waals surface area contributed by atoms with Crippen molar-refractivity contribution in [3.05, 3.63) is 28.0 Å². The van der Waals surface area contributed by atoms with Crippen molar-refractivity contribution in [2.24, 2.45) is 7.05 Å². The number of nitrogens with zero attached hydrogens (tertiary/aromatic N) is 4. The number of aryl methyl sites for hydroxylation is 2. The predicted octanol–water partition coefficient (Wildman–Crippen LogP) is 1.79. The van der Waals surface area contributed by atoms with Gasteiger partial charge in [-0.15, -0.1) is 5.10 Å². The molecule has 0 amide bonds. The Kier molecular flexibility index (Phi) is 3.26. The minimum absolute atomic E-state index is 0.256. The average Bonchev–Trinajstić information content (AvgIpc) is 2.85. The van der Waals surface area contributed by atoms with E-state index in [9.17, 15) is 5.11 Å². The first-order chi connectivity index (χ1) is 8.02. The number of rotatable bonds is 3. The fraction of sp³-hybridized carbons (Fsp3) is 0.545. The maximum Gasteiger partial charge on any atom is 0.133 e. The Hall–Kier alpha value is -1.27. The minimum atomic E-state index is -0.695. The van der Waals surface area contributed by atoms with Crippen molar-refractivity contribution in [3.63, 3.8) is 0 Å². The summed E-state index contributed by atoms with van der Waals surface area (Å²) in [5.74, 6) is 0.256. The summed E-state index contributed by atoms with van der Waals surface area (Å²) in [7, 11) is 1.83. The number of aliphatic hydroxyl groups is 1. The Morgan fingerprint density at radius 1 is 1.41 bits per heavy atom. The smallest absolute Gasteiger partial charge is 0.133 e. The highest BCUT2D eigenvalue weighted by molar-refractivity contribution is 7.05. The molecule has 92 valence electrons. The highest BCUT2D eigenvalue weighted by Crippen LogP contribution is 2.31. The summed E-state index contributed by atoms with van der Waals surface area (Å²) < 4.78 is 5.63. The third kappa shape index (κ3) is 2.10. The fourth-order valence-electron chi connectivity index (χ4n) is 1.87. The Morgan fingerprint density at radius 3 is 2.65 bits per heavy atom. The van der Waals surface area contributed by atoms with Gasteiger partial charge in [0.2, 0.25) is 0 Å². The van der Waals surface area contributed by atoms with Gasteiger partial charge in [0.05, 0.1) is 22.5 Å². The van der Waals surface area contributed by atoms with E-state index in [2.05, 4.69) is 14.7 Å². The van der Waals surface area contributed by atoms with Crippen molar-refractivity contribution >= 4 is 11.5 Å². The summed E-state index contributed by atoms with van der Waals surface area (Å²) in [5.41, 5.74) is 2.64. The van der Waals surface area contributed by atoms with Crippen LogP contribution >= 0.6 is 11.5 Å². The zero-order chi connectivity index (χ0) is 12.6. The lowest BCUT2D eigenvalue weighted by Gasteiger charge is -2.12. The molecule has 0 fully saturated rings. The molecule has 2 rings (SSSR count). The average molecular weight is 252 g/mol. The van der Waals surface area contributed by atoms with Crippen LogP contribution in [0.25, 0.3) is 0 Å². The van der Waals surface area contributed by atoms with Crippen LogP contribution in [0.2, 0.25) is 0 Å². The molecule has 0 spiro atoms. The summed E-state index contributed by atoms with van der Waals surface area (Å²) in [6.45, 7) is 6.03. The van der Waals surface area contributed by atoms with E-state index in [1.807, 2.05) is 27.8 Å². The van der Waals surface area contributed by atoms with Gasteiger partial charge < -0.3 is 5.11 Å². The third-order valence-electron chi connectivity index (χ3n) is 2.77. The van der Waals surface area contributed by atoms with Crippen LogP contribution < -0.4 is 0 Å². The number of hydrogen-bond acceptors (Lipinski definition) is 5. The Labute approximate surface area is 104 Å². The number of aliphatic hydroxyl groups excluding tert-OH is 1. The van der Waals surface area contributed by atoms with Crippen LogP contribution in [-0.2, 0) is 7.05 Å². The molecule has 0 saturated carbocycles. The van der Waals surface area contributed by atoms with E-state index in [-0.39, 0.29) is 5.92 Å². The zero-order valence-corrected chi connectivity index (χ0v) is 11.2. The molecule has 1 atom stereocenters. The van der Waals surface area contributed by atoms with Crippen molar-refractivity contribution in [2.75, 3.05) is 0 Å². The summed E-state index contributed by atoms with van der Waals surface area (Å²) in [6, 6.07) is 0. The van der Waals surface area contributed by atoms with Gasteiger partial charge in [-0.2, -0.15) is 5.10 Å².